The first kappa shape index (κ1) is 21.7. The predicted octanol–water partition coefficient (Wildman–Crippen LogP) is 3.98. The lowest BCUT2D eigenvalue weighted by Gasteiger charge is -2.46. The van der Waals surface area contributed by atoms with E-state index in [9.17, 15) is 15.2 Å². The highest BCUT2D eigenvalue weighted by molar-refractivity contribution is 5.76. The van der Waals surface area contributed by atoms with E-state index in [1.54, 1.807) is 18.2 Å². The summed E-state index contributed by atoms with van der Waals surface area (Å²) in [7, 11) is 0. The maximum Gasteiger partial charge on any atom is 0.325 e. The summed E-state index contributed by atoms with van der Waals surface area (Å²) < 4.78 is 11.4. The number of ether oxygens (including phenoxy) is 2. The molecule has 158 valence electrons. The summed E-state index contributed by atoms with van der Waals surface area (Å²) in [6.07, 6.45) is 0.799. The van der Waals surface area contributed by atoms with E-state index in [0.29, 0.717) is 23.5 Å². The molecule has 0 spiro atoms. The Morgan fingerprint density at radius 3 is 2.67 bits per heavy atom. The normalized spacial score (nSPS) is 19.2. The van der Waals surface area contributed by atoms with E-state index in [4.69, 9.17) is 9.47 Å². The Morgan fingerprint density at radius 2 is 2.00 bits per heavy atom. The van der Waals surface area contributed by atoms with Gasteiger partial charge in [0.05, 0.1) is 24.3 Å². The fraction of sp³-hybridized carbons (Fsp3) is 0.417. The van der Waals surface area contributed by atoms with Gasteiger partial charge in [-0.05, 0) is 50.6 Å². The van der Waals surface area contributed by atoms with E-state index in [1.165, 1.54) is 0 Å². The number of para-hydroxylation sites is 1. The fourth-order valence-corrected chi connectivity index (χ4v) is 3.66. The number of carbonyl (C=O) groups is 1. The number of carbonyl (C=O) groups excluding carboxylic acids is 1. The lowest BCUT2D eigenvalue weighted by atomic mass is 9.84. The average Bonchev–Trinajstić information content (AvgIpc) is 2.74. The number of rotatable bonds is 7. The lowest BCUT2D eigenvalue weighted by molar-refractivity contribution is -0.142. The molecule has 3 rings (SSSR count). The summed E-state index contributed by atoms with van der Waals surface area (Å²) >= 11 is 0. The van der Waals surface area contributed by atoms with Crippen molar-refractivity contribution in [3.05, 3.63) is 59.7 Å². The molecule has 0 saturated heterocycles. The number of benzene rings is 2. The monoisotopic (exact) mass is 408 g/mol. The number of esters is 1. The van der Waals surface area contributed by atoms with Gasteiger partial charge < -0.3 is 19.5 Å². The van der Waals surface area contributed by atoms with Crippen LogP contribution in [0, 0.1) is 11.3 Å². The minimum Gasteiger partial charge on any atom is -0.485 e. The van der Waals surface area contributed by atoms with Crippen molar-refractivity contribution in [1.29, 1.82) is 5.26 Å². The Bertz CT molecular complexity index is 921. The van der Waals surface area contributed by atoms with Crippen LogP contribution in [0.3, 0.4) is 0 Å². The molecule has 30 heavy (non-hydrogen) atoms. The first-order valence-corrected chi connectivity index (χ1v) is 10.3. The molecule has 1 aliphatic heterocycles. The Kier molecular flexibility index (Phi) is 6.63. The second-order valence-corrected chi connectivity index (χ2v) is 8.00. The molecule has 0 aliphatic carbocycles. The van der Waals surface area contributed by atoms with Gasteiger partial charge in [0.2, 0.25) is 0 Å². The van der Waals surface area contributed by atoms with Crippen LogP contribution in [0.25, 0.3) is 0 Å². The van der Waals surface area contributed by atoms with Crippen LogP contribution < -0.4 is 9.64 Å². The Balaban J connectivity index is 2.05. The van der Waals surface area contributed by atoms with Crippen molar-refractivity contribution in [2.45, 2.75) is 51.4 Å². The van der Waals surface area contributed by atoms with Crippen molar-refractivity contribution in [3.8, 4) is 11.8 Å². The minimum absolute atomic E-state index is 0.0260. The highest BCUT2D eigenvalue weighted by atomic mass is 16.5. The Morgan fingerprint density at radius 1 is 1.27 bits per heavy atom. The Labute approximate surface area is 177 Å². The third-order valence-electron chi connectivity index (χ3n) is 5.33. The van der Waals surface area contributed by atoms with E-state index in [-0.39, 0.29) is 12.5 Å². The molecular weight excluding hydrogens is 380 g/mol. The van der Waals surface area contributed by atoms with Crippen molar-refractivity contribution in [1.82, 2.24) is 0 Å². The first-order chi connectivity index (χ1) is 14.4. The molecule has 2 aromatic rings. The molecule has 2 aromatic carbocycles. The SMILES string of the molecule is CCCCOC(=O)CN(c1ccccc1)[C@H]1c2cc(C#N)ccc2OC(C)(C)[C@@H]1O. The summed E-state index contributed by atoms with van der Waals surface area (Å²) in [6.45, 7) is 6.01. The third-order valence-corrected chi connectivity index (χ3v) is 5.33. The molecule has 0 unspecified atom stereocenters. The van der Waals surface area contributed by atoms with Crippen molar-refractivity contribution in [3.63, 3.8) is 0 Å². The molecule has 2 atom stereocenters. The molecule has 6 heteroatoms. The maximum atomic E-state index is 12.6. The number of nitrogens with zero attached hydrogens (tertiary/aromatic N) is 2. The number of anilines is 1. The van der Waals surface area contributed by atoms with Crippen molar-refractivity contribution in [2.24, 2.45) is 0 Å². The average molecular weight is 408 g/mol. The van der Waals surface area contributed by atoms with Gasteiger partial charge in [0.15, 0.2) is 0 Å². The largest absolute Gasteiger partial charge is 0.485 e. The molecule has 0 aromatic heterocycles. The zero-order valence-corrected chi connectivity index (χ0v) is 17.7. The van der Waals surface area contributed by atoms with Crippen LogP contribution in [-0.2, 0) is 9.53 Å². The number of unbranched alkanes of at least 4 members (excludes halogenated alkanes) is 1. The quantitative estimate of drug-likeness (QED) is 0.551. The molecule has 0 bridgehead atoms. The maximum absolute atomic E-state index is 12.6. The predicted molar refractivity (Wildman–Crippen MR) is 114 cm³/mol. The number of fused-ring (bicyclic) bond motifs is 1. The van der Waals surface area contributed by atoms with Gasteiger partial charge in [-0.1, -0.05) is 31.5 Å². The van der Waals surface area contributed by atoms with Crippen LogP contribution in [0.5, 0.6) is 5.75 Å². The van der Waals surface area contributed by atoms with Gasteiger partial charge in [-0.25, -0.2) is 0 Å². The molecule has 0 saturated carbocycles. The summed E-state index contributed by atoms with van der Waals surface area (Å²) in [6, 6.07) is 16.2. The van der Waals surface area contributed by atoms with Gasteiger partial charge in [0.25, 0.3) is 0 Å². The third kappa shape index (κ3) is 4.58. The van der Waals surface area contributed by atoms with Crippen molar-refractivity contribution < 1.29 is 19.4 Å². The van der Waals surface area contributed by atoms with Crippen LogP contribution in [0.15, 0.2) is 48.5 Å². The molecule has 1 N–H and O–H groups in total. The Hall–Kier alpha value is -3.04. The minimum atomic E-state index is -0.942. The molecule has 1 heterocycles. The molecule has 0 fully saturated rings. The zero-order chi connectivity index (χ0) is 21.7. The highest BCUT2D eigenvalue weighted by Crippen LogP contribution is 2.44. The van der Waals surface area contributed by atoms with Crippen LogP contribution in [-0.4, -0.2) is 35.9 Å². The van der Waals surface area contributed by atoms with E-state index in [0.717, 1.165) is 18.5 Å². The van der Waals surface area contributed by atoms with Crippen molar-refractivity contribution >= 4 is 11.7 Å². The van der Waals surface area contributed by atoms with Gasteiger partial charge in [-0.2, -0.15) is 5.26 Å². The van der Waals surface area contributed by atoms with E-state index < -0.39 is 17.7 Å². The van der Waals surface area contributed by atoms with E-state index >= 15 is 0 Å². The topological polar surface area (TPSA) is 82.8 Å². The summed E-state index contributed by atoms with van der Waals surface area (Å²) in [5.74, 6) is 0.233. The first-order valence-electron chi connectivity index (χ1n) is 10.3. The number of hydrogen-bond acceptors (Lipinski definition) is 6. The number of aliphatic hydroxyl groups is 1. The van der Waals surface area contributed by atoms with Gasteiger partial charge in [0.1, 0.15) is 24.0 Å². The van der Waals surface area contributed by atoms with Crippen LogP contribution in [0.4, 0.5) is 5.69 Å². The smallest absolute Gasteiger partial charge is 0.325 e. The van der Waals surface area contributed by atoms with Crippen LogP contribution in [0.1, 0.15) is 50.8 Å². The second kappa shape index (κ2) is 9.19. The standard InChI is InChI=1S/C24H28N2O4/c1-4-5-13-29-21(27)16-26(18-9-7-6-8-10-18)22-19-14-17(15-25)11-12-20(19)30-24(2,3)23(22)28/h6-12,14,22-23,28H,4-5,13,16H2,1-3H3/t22-,23+/m0/s1. The van der Waals surface area contributed by atoms with Crippen molar-refractivity contribution in [2.75, 3.05) is 18.1 Å². The lowest BCUT2D eigenvalue weighted by Crippen LogP contribution is -2.54. The number of aliphatic hydroxyl groups excluding tert-OH is 1. The van der Waals surface area contributed by atoms with E-state index in [2.05, 4.69) is 6.07 Å². The molecule has 1 aliphatic rings. The van der Waals surface area contributed by atoms with Gasteiger partial charge in [-0.15, -0.1) is 0 Å². The summed E-state index contributed by atoms with van der Waals surface area (Å²) in [5.41, 5.74) is 1.03. The molecule has 6 nitrogen and oxygen atoms in total. The molecule has 0 radical (unpaired) electrons. The summed E-state index contributed by atoms with van der Waals surface area (Å²) in [5, 5.41) is 20.6. The van der Waals surface area contributed by atoms with E-state index in [1.807, 2.05) is 56.0 Å². The molecule has 0 amide bonds. The highest BCUT2D eigenvalue weighted by Gasteiger charge is 2.46. The molecular formula is C24H28N2O4. The second-order valence-electron chi connectivity index (χ2n) is 8.00. The number of nitriles is 1. The van der Waals surface area contributed by atoms with Gasteiger partial charge in [0, 0.05) is 11.3 Å². The van der Waals surface area contributed by atoms with Crippen LogP contribution >= 0.6 is 0 Å². The van der Waals surface area contributed by atoms with Crippen LogP contribution in [0.2, 0.25) is 0 Å². The number of hydrogen-bond donors (Lipinski definition) is 1. The van der Waals surface area contributed by atoms with Gasteiger partial charge >= 0.3 is 5.97 Å². The fourth-order valence-electron chi connectivity index (χ4n) is 3.66. The zero-order valence-electron chi connectivity index (χ0n) is 17.7. The summed E-state index contributed by atoms with van der Waals surface area (Å²) in [4.78, 5) is 14.5. The van der Waals surface area contributed by atoms with Gasteiger partial charge in [-0.3, -0.25) is 4.79 Å².